The molecule has 0 radical (unpaired) electrons. The number of carbonyl (C=O) groups excluding carboxylic acids is 2. The molecule has 0 atom stereocenters. The van der Waals surface area contributed by atoms with E-state index in [9.17, 15) is 9.59 Å². The van der Waals surface area contributed by atoms with E-state index in [1.807, 2.05) is 18.2 Å². The fourth-order valence-electron chi connectivity index (χ4n) is 2.69. The number of rotatable bonds is 2. The number of imide groups is 1. The van der Waals surface area contributed by atoms with Gasteiger partial charge in [-0.15, -0.1) is 0 Å². The third-order valence-corrected chi connectivity index (χ3v) is 3.85. The van der Waals surface area contributed by atoms with Crippen molar-refractivity contribution >= 4 is 28.4 Å². The number of pyridine rings is 1. The van der Waals surface area contributed by atoms with E-state index in [4.69, 9.17) is 5.73 Å². The van der Waals surface area contributed by atoms with Gasteiger partial charge in [0.2, 0.25) is 11.8 Å². The number of nitrogen functional groups attached to an aromatic ring is 1. The van der Waals surface area contributed by atoms with Gasteiger partial charge in [0.05, 0.1) is 12.1 Å². The van der Waals surface area contributed by atoms with Crippen LogP contribution in [0.3, 0.4) is 0 Å². The lowest BCUT2D eigenvalue weighted by Gasteiger charge is -2.19. The van der Waals surface area contributed by atoms with Crippen molar-refractivity contribution in [2.45, 2.75) is 32.2 Å². The van der Waals surface area contributed by atoms with E-state index in [2.05, 4.69) is 4.98 Å². The first-order chi connectivity index (χ1) is 10.2. The van der Waals surface area contributed by atoms with Crippen LogP contribution in [0.25, 0.3) is 10.9 Å². The Morgan fingerprint density at radius 2 is 1.81 bits per heavy atom. The molecule has 1 aromatic heterocycles. The van der Waals surface area contributed by atoms with Crippen molar-refractivity contribution in [1.29, 1.82) is 0 Å². The molecule has 21 heavy (non-hydrogen) atoms. The Labute approximate surface area is 122 Å². The van der Waals surface area contributed by atoms with Crippen molar-refractivity contribution in [2.24, 2.45) is 0 Å². The van der Waals surface area contributed by atoms with Gasteiger partial charge in [-0.1, -0.05) is 6.07 Å². The number of benzene rings is 1. The molecule has 1 saturated heterocycles. The van der Waals surface area contributed by atoms with Gasteiger partial charge in [0.25, 0.3) is 0 Å². The summed E-state index contributed by atoms with van der Waals surface area (Å²) in [6.07, 6.45) is 4.12. The molecule has 5 nitrogen and oxygen atoms in total. The number of hydrogen-bond donors (Lipinski definition) is 1. The Balaban J connectivity index is 1.99. The van der Waals surface area contributed by atoms with E-state index >= 15 is 0 Å². The van der Waals surface area contributed by atoms with Crippen LogP contribution >= 0.6 is 0 Å². The standard InChI is InChI=1S/C16H17N3O2/c17-13-8-7-11(16-12(13)4-3-9-18-16)10-19-14(20)5-1-2-6-15(19)21/h3-4,7-9H,1-2,5-6,10,17H2. The van der Waals surface area contributed by atoms with Crippen molar-refractivity contribution in [3.63, 3.8) is 0 Å². The van der Waals surface area contributed by atoms with Crippen LogP contribution in [0.4, 0.5) is 5.69 Å². The molecule has 1 aliphatic rings. The topological polar surface area (TPSA) is 76.3 Å². The van der Waals surface area contributed by atoms with Gasteiger partial charge < -0.3 is 5.73 Å². The van der Waals surface area contributed by atoms with Gasteiger partial charge in [-0.2, -0.15) is 0 Å². The Kier molecular flexibility index (Phi) is 3.56. The molecule has 2 amide bonds. The summed E-state index contributed by atoms with van der Waals surface area (Å²) in [6, 6.07) is 7.36. The average molecular weight is 283 g/mol. The second-order valence-electron chi connectivity index (χ2n) is 5.29. The molecule has 0 unspecified atom stereocenters. The van der Waals surface area contributed by atoms with Crippen LogP contribution in [0.5, 0.6) is 0 Å². The number of nitrogens with two attached hydrogens (primary N) is 1. The molecule has 2 N–H and O–H groups in total. The normalized spacial score (nSPS) is 16.3. The highest BCUT2D eigenvalue weighted by Gasteiger charge is 2.24. The van der Waals surface area contributed by atoms with Gasteiger partial charge in [-0.25, -0.2) is 0 Å². The van der Waals surface area contributed by atoms with Crippen LogP contribution in [0, 0.1) is 0 Å². The van der Waals surface area contributed by atoms with Gasteiger partial charge in [0, 0.05) is 30.1 Å². The third kappa shape index (κ3) is 2.59. The molecule has 0 aliphatic carbocycles. The molecule has 5 heteroatoms. The minimum absolute atomic E-state index is 0.0987. The summed E-state index contributed by atoms with van der Waals surface area (Å²) >= 11 is 0. The molecule has 0 saturated carbocycles. The van der Waals surface area contributed by atoms with Crippen LogP contribution in [-0.2, 0) is 16.1 Å². The highest BCUT2D eigenvalue weighted by atomic mass is 16.2. The molecule has 1 aromatic carbocycles. The van der Waals surface area contributed by atoms with E-state index in [0.29, 0.717) is 18.5 Å². The molecular formula is C16H17N3O2. The molecule has 2 heterocycles. The first kappa shape index (κ1) is 13.5. The van der Waals surface area contributed by atoms with Crippen molar-refractivity contribution in [1.82, 2.24) is 9.88 Å². The van der Waals surface area contributed by atoms with E-state index < -0.39 is 0 Å². The predicted molar refractivity (Wildman–Crippen MR) is 80.2 cm³/mol. The second kappa shape index (κ2) is 5.52. The Bertz CT molecular complexity index is 694. The van der Waals surface area contributed by atoms with Crippen LogP contribution in [0.2, 0.25) is 0 Å². The van der Waals surface area contributed by atoms with Crippen molar-refractivity contribution < 1.29 is 9.59 Å². The minimum atomic E-state index is -0.0987. The van der Waals surface area contributed by atoms with Gasteiger partial charge in [-0.3, -0.25) is 19.5 Å². The Morgan fingerprint density at radius 1 is 1.10 bits per heavy atom. The van der Waals surface area contributed by atoms with Crippen molar-refractivity contribution in [2.75, 3.05) is 5.73 Å². The van der Waals surface area contributed by atoms with Gasteiger partial charge >= 0.3 is 0 Å². The van der Waals surface area contributed by atoms with E-state index in [0.717, 1.165) is 29.3 Å². The fourth-order valence-corrected chi connectivity index (χ4v) is 2.69. The lowest BCUT2D eigenvalue weighted by atomic mass is 10.1. The number of anilines is 1. The summed E-state index contributed by atoms with van der Waals surface area (Å²) < 4.78 is 0. The SMILES string of the molecule is Nc1ccc(CN2C(=O)CCCCC2=O)c2ncccc12. The Morgan fingerprint density at radius 3 is 2.52 bits per heavy atom. The van der Waals surface area contributed by atoms with Crippen LogP contribution in [0.1, 0.15) is 31.2 Å². The first-order valence-electron chi connectivity index (χ1n) is 7.12. The van der Waals surface area contributed by atoms with Gasteiger partial charge in [-0.05, 0) is 36.6 Å². The number of likely N-dealkylation sites (tertiary alicyclic amines) is 1. The highest BCUT2D eigenvalue weighted by Crippen LogP contribution is 2.25. The van der Waals surface area contributed by atoms with Crippen LogP contribution in [0.15, 0.2) is 30.5 Å². The quantitative estimate of drug-likeness (QED) is 0.677. The summed E-state index contributed by atoms with van der Waals surface area (Å²) in [5.74, 6) is -0.197. The summed E-state index contributed by atoms with van der Waals surface area (Å²) in [5, 5.41) is 0.852. The molecule has 3 rings (SSSR count). The molecule has 2 aromatic rings. The average Bonchev–Trinajstić information content (AvgIpc) is 2.65. The monoisotopic (exact) mass is 283 g/mol. The predicted octanol–water partition coefficient (Wildman–Crippen LogP) is 2.25. The number of fused-ring (bicyclic) bond motifs is 1. The van der Waals surface area contributed by atoms with Crippen LogP contribution < -0.4 is 5.73 Å². The molecular weight excluding hydrogens is 266 g/mol. The summed E-state index contributed by atoms with van der Waals surface area (Å²) in [6.45, 7) is 0.269. The zero-order valence-corrected chi connectivity index (χ0v) is 11.7. The lowest BCUT2D eigenvalue weighted by molar-refractivity contribution is -0.144. The molecule has 108 valence electrons. The molecule has 1 aliphatic heterocycles. The fraction of sp³-hybridized carbons (Fsp3) is 0.312. The number of hydrogen-bond acceptors (Lipinski definition) is 4. The van der Waals surface area contributed by atoms with Crippen LogP contribution in [-0.4, -0.2) is 21.7 Å². The zero-order valence-electron chi connectivity index (χ0n) is 11.7. The Hall–Kier alpha value is -2.43. The maximum atomic E-state index is 12.1. The summed E-state index contributed by atoms with van der Waals surface area (Å²) in [4.78, 5) is 29.9. The molecule has 0 bridgehead atoms. The van der Waals surface area contributed by atoms with Crippen molar-refractivity contribution in [3.05, 3.63) is 36.0 Å². The third-order valence-electron chi connectivity index (χ3n) is 3.85. The maximum Gasteiger partial charge on any atom is 0.229 e. The smallest absolute Gasteiger partial charge is 0.229 e. The van der Waals surface area contributed by atoms with Gasteiger partial charge in [0.1, 0.15) is 0 Å². The number of carbonyl (C=O) groups is 2. The number of amides is 2. The lowest BCUT2D eigenvalue weighted by Crippen LogP contribution is -2.34. The summed E-state index contributed by atoms with van der Waals surface area (Å²) in [7, 11) is 0. The number of aromatic nitrogens is 1. The highest BCUT2D eigenvalue weighted by molar-refractivity contribution is 5.97. The molecule has 1 fully saturated rings. The summed E-state index contributed by atoms with van der Waals surface area (Å²) in [5.41, 5.74) is 8.20. The van der Waals surface area contributed by atoms with E-state index in [1.54, 1.807) is 12.3 Å². The second-order valence-corrected chi connectivity index (χ2v) is 5.29. The largest absolute Gasteiger partial charge is 0.398 e. The van der Waals surface area contributed by atoms with E-state index in [-0.39, 0.29) is 18.4 Å². The van der Waals surface area contributed by atoms with Crippen molar-refractivity contribution in [3.8, 4) is 0 Å². The minimum Gasteiger partial charge on any atom is -0.398 e. The molecule has 0 spiro atoms. The first-order valence-corrected chi connectivity index (χ1v) is 7.12. The maximum absolute atomic E-state index is 12.1. The number of nitrogens with zero attached hydrogens (tertiary/aromatic N) is 2. The zero-order chi connectivity index (χ0) is 14.8. The van der Waals surface area contributed by atoms with Gasteiger partial charge in [0.15, 0.2) is 0 Å². The van der Waals surface area contributed by atoms with E-state index in [1.165, 1.54) is 4.90 Å².